The van der Waals surface area contributed by atoms with E-state index in [2.05, 4.69) is 41.3 Å². The Labute approximate surface area is 107 Å². The Kier molecular flexibility index (Phi) is 3.77. The minimum Gasteiger partial charge on any atom is -0.481 e. The van der Waals surface area contributed by atoms with Crippen molar-refractivity contribution in [2.75, 3.05) is 12.4 Å². The lowest BCUT2D eigenvalue weighted by molar-refractivity contribution is 0.397. The molecule has 0 saturated carbocycles. The van der Waals surface area contributed by atoms with Crippen molar-refractivity contribution < 1.29 is 4.74 Å². The van der Waals surface area contributed by atoms with Crippen molar-refractivity contribution in [3.8, 4) is 5.88 Å². The molecular weight excluding hydrogens is 226 g/mol. The number of aromatic nitrogens is 2. The lowest BCUT2D eigenvalue weighted by Crippen LogP contribution is -2.10. The van der Waals surface area contributed by atoms with Crippen LogP contribution in [0.15, 0.2) is 36.5 Å². The van der Waals surface area contributed by atoms with Crippen LogP contribution in [0.3, 0.4) is 0 Å². The zero-order chi connectivity index (χ0) is 13.0. The summed E-state index contributed by atoms with van der Waals surface area (Å²) in [6.07, 6.45) is 1.68. The molecule has 18 heavy (non-hydrogen) atoms. The topological polar surface area (TPSA) is 47.0 Å². The van der Waals surface area contributed by atoms with Gasteiger partial charge >= 0.3 is 0 Å². The van der Waals surface area contributed by atoms with Crippen molar-refractivity contribution in [3.63, 3.8) is 0 Å². The van der Waals surface area contributed by atoms with Crippen LogP contribution in [-0.4, -0.2) is 17.1 Å². The smallest absolute Gasteiger partial charge is 0.226 e. The number of anilines is 1. The molecule has 1 heterocycles. The predicted molar refractivity (Wildman–Crippen MR) is 71.8 cm³/mol. The van der Waals surface area contributed by atoms with Gasteiger partial charge in [0.15, 0.2) is 0 Å². The number of hydrogen-bond acceptors (Lipinski definition) is 4. The summed E-state index contributed by atoms with van der Waals surface area (Å²) in [4.78, 5) is 8.42. The van der Waals surface area contributed by atoms with Crippen LogP contribution in [0.1, 0.15) is 24.1 Å². The van der Waals surface area contributed by atoms with E-state index < -0.39 is 0 Å². The number of nitrogens with one attached hydrogen (secondary N) is 1. The van der Waals surface area contributed by atoms with Crippen molar-refractivity contribution in [1.82, 2.24) is 9.97 Å². The van der Waals surface area contributed by atoms with Gasteiger partial charge in [-0.2, -0.15) is 4.98 Å². The minimum absolute atomic E-state index is 0.151. The fourth-order valence-corrected chi connectivity index (χ4v) is 1.87. The summed E-state index contributed by atoms with van der Waals surface area (Å²) in [6, 6.07) is 10.1. The Morgan fingerprint density at radius 1 is 1.22 bits per heavy atom. The second kappa shape index (κ2) is 5.49. The molecule has 2 aromatic rings. The molecular formula is C14H17N3O. The average Bonchev–Trinajstić information content (AvgIpc) is 2.39. The van der Waals surface area contributed by atoms with E-state index in [4.69, 9.17) is 4.74 Å². The Balaban J connectivity index is 2.16. The van der Waals surface area contributed by atoms with Gasteiger partial charge in [-0.1, -0.05) is 24.3 Å². The molecule has 0 radical (unpaired) electrons. The quantitative estimate of drug-likeness (QED) is 0.896. The van der Waals surface area contributed by atoms with Gasteiger partial charge in [0, 0.05) is 12.3 Å². The molecule has 2 rings (SSSR count). The zero-order valence-electron chi connectivity index (χ0n) is 10.8. The molecule has 1 N–H and O–H groups in total. The first-order valence-electron chi connectivity index (χ1n) is 5.90. The number of benzene rings is 1. The molecule has 1 aromatic heterocycles. The Hall–Kier alpha value is -2.10. The molecule has 0 fully saturated rings. The molecule has 0 saturated heterocycles. The van der Waals surface area contributed by atoms with Gasteiger partial charge in [-0.15, -0.1) is 0 Å². The van der Waals surface area contributed by atoms with E-state index in [1.54, 1.807) is 19.4 Å². The number of methoxy groups -OCH3 is 1. The highest BCUT2D eigenvalue weighted by molar-refractivity contribution is 5.36. The summed E-state index contributed by atoms with van der Waals surface area (Å²) in [5.41, 5.74) is 2.49. The summed E-state index contributed by atoms with van der Waals surface area (Å²) in [5.74, 6) is 1.13. The first kappa shape index (κ1) is 12.4. The largest absolute Gasteiger partial charge is 0.481 e. The predicted octanol–water partition coefficient (Wildman–Crippen LogP) is 2.97. The lowest BCUT2D eigenvalue weighted by Gasteiger charge is -2.16. The van der Waals surface area contributed by atoms with Gasteiger partial charge in [0.25, 0.3) is 0 Å². The Morgan fingerprint density at radius 2 is 2.00 bits per heavy atom. The van der Waals surface area contributed by atoms with Crippen LogP contribution in [-0.2, 0) is 0 Å². The highest BCUT2D eigenvalue weighted by Crippen LogP contribution is 2.20. The molecule has 0 aliphatic carbocycles. The van der Waals surface area contributed by atoms with Gasteiger partial charge in [-0.25, -0.2) is 4.98 Å². The maximum Gasteiger partial charge on any atom is 0.226 e. The number of ether oxygens (including phenoxy) is 1. The van der Waals surface area contributed by atoms with Crippen LogP contribution in [0.25, 0.3) is 0 Å². The van der Waals surface area contributed by atoms with Gasteiger partial charge in [-0.3, -0.25) is 0 Å². The van der Waals surface area contributed by atoms with Crippen molar-refractivity contribution in [2.24, 2.45) is 0 Å². The van der Waals surface area contributed by atoms with Gasteiger partial charge in [0.2, 0.25) is 11.8 Å². The fraction of sp³-hybridized carbons (Fsp3) is 0.286. The average molecular weight is 243 g/mol. The first-order chi connectivity index (χ1) is 8.70. The zero-order valence-corrected chi connectivity index (χ0v) is 10.8. The molecule has 4 nitrogen and oxygen atoms in total. The van der Waals surface area contributed by atoms with Gasteiger partial charge < -0.3 is 10.1 Å². The first-order valence-corrected chi connectivity index (χ1v) is 5.90. The van der Waals surface area contributed by atoms with E-state index in [0.29, 0.717) is 11.8 Å². The number of aryl methyl sites for hydroxylation is 1. The molecule has 94 valence electrons. The molecule has 0 aliphatic rings. The molecule has 0 amide bonds. The molecule has 1 atom stereocenters. The van der Waals surface area contributed by atoms with Gasteiger partial charge in [0.1, 0.15) is 0 Å². The summed E-state index contributed by atoms with van der Waals surface area (Å²) in [5, 5.41) is 3.27. The third-order valence-electron chi connectivity index (χ3n) is 2.84. The third kappa shape index (κ3) is 2.77. The van der Waals surface area contributed by atoms with Crippen LogP contribution in [0.5, 0.6) is 5.88 Å². The van der Waals surface area contributed by atoms with E-state index >= 15 is 0 Å². The highest BCUT2D eigenvalue weighted by Gasteiger charge is 2.09. The number of rotatable bonds is 4. The van der Waals surface area contributed by atoms with Crippen molar-refractivity contribution in [3.05, 3.63) is 47.7 Å². The third-order valence-corrected chi connectivity index (χ3v) is 2.84. The normalized spacial score (nSPS) is 11.9. The van der Waals surface area contributed by atoms with E-state index in [9.17, 15) is 0 Å². The monoisotopic (exact) mass is 243 g/mol. The molecule has 0 spiro atoms. The van der Waals surface area contributed by atoms with Crippen molar-refractivity contribution in [1.29, 1.82) is 0 Å². The lowest BCUT2D eigenvalue weighted by atomic mass is 10.0. The van der Waals surface area contributed by atoms with Crippen LogP contribution >= 0.6 is 0 Å². The molecule has 4 heteroatoms. The van der Waals surface area contributed by atoms with Crippen molar-refractivity contribution >= 4 is 5.95 Å². The fourth-order valence-electron chi connectivity index (χ4n) is 1.87. The molecule has 0 bridgehead atoms. The second-order valence-electron chi connectivity index (χ2n) is 4.15. The summed E-state index contributed by atoms with van der Waals surface area (Å²) < 4.78 is 5.07. The highest BCUT2D eigenvalue weighted by atomic mass is 16.5. The SMILES string of the molecule is COc1ccnc(NC(C)c2ccccc2C)n1. The van der Waals surface area contributed by atoms with Gasteiger partial charge in [0.05, 0.1) is 13.2 Å². The maximum atomic E-state index is 5.07. The summed E-state index contributed by atoms with van der Waals surface area (Å²) >= 11 is 0. The minimum atomic E-state index is 0.151. The van der Waals surface area contributed by atoms with Crippen LogP contribution in [0.4, 0.5) is 5.95 Å². The van der Waals surface area contributed by atoms with E-state index in [0.717, 1.165) is 0 Å². The summed E-state index contributed by atoms with van der Waals surface area (Å²) in [6.45, 7) is 4.19. The van der Waals surface area contributed by atoms with E-state index in [1.165, 1.54) is 11.1 Å². The number of nitrogens with zero attached hydrogens (tertiary/aromatic N) is 2. The molecule has 1 aromatic carbocycles. The Bertz CT molecular complexity index is 528. The van der Waals surface area contributed by atoms with Crippen LogP contribution in [0.2, 0.25) is 0 Å². The molecule has 0 aliphatic heterocycles. The van der Waals surface area contributed by atoms with E-state index in [1.807, 2.05) is 12.1 Å². The van der Waals surface area contributed by atoms with Gasteiger partial charge in [-0.05, 0) is 25.0 Å². The standard InChI is InChI=1S/C14H17N3O/c1-10-6-4-5-7-12(10)11(2)16-14-15-9-8-13(17-14)18-3/h4-9,11H,1-3H3,(H,15,16,17). The van der Waals surface area contributed by atoms with Crippen LogP contribution in [0, 0.1) is 6.92 Å². The summed E-state index contributed by atoms with van der Waals surface area (Å²) in [7, 11) is 1.59. The van der Waals surface area contributed by atoms with Crippen molar-refractivity contribution in [2.45, 2.75) is 19.9 Å². The second-order valence-corrected chi connectivity index (χ2v) is 4.15. The maximum absolute atomic E-state index is 5.07. The van der Waals surface area contributed by atoms with Crippen LogP contribution < -0.4 is 10.1 Å². The molecule has 1 unspecified atom stereocenters. The van der Waals surface area contributed by atoms with E-state index in [-0.39, 0.29) is 6.04 Å². The number of hydrogen-bond donors (Lipinski definition) is 1. The Morgan fingerprint density at radius 3 is 2.72 bits per heavy atom.